The van der Waals surface area contributed by atoms with Crippen LogP contribution in [0, 0.1) is 5.92 Å². The summed E-state index contributed by atoms with van der Waals surface area (Å²) in [7, 11) is 2.15. The van der Waals surface area contributed by atoms with Crippen molar-refractivity contribution >= 4 is 5.82 Å². The highest BCUT2D eigenvalue weighted by atomic mass is 16.1. The van der Waals surface area contributed by atoms with E-state index in [4.69, 9.17) is 0 Å². The second kappa shape index (κ2) is 6.92. The summed E-state index contributed by atoms with van der Waals surface area (Å²) in [6.07, 6.45) is 6.29. The zero-order valence-electron chi connectivity index (χ0n) is 14.6. The lowest BCUT2D eigenvalue weighted by atomic mass is 9.96. The third-order valence-electron chi connectivity index (χ3n) is 5.30. The molecule has 0 aromatic carbocycles. The highest BCUT2D eigenvalue weighted by Gasteiger charge is 2.23. The van der Waals surface area contributed by atoms with Crippen molar-refractivity contribution in [3.63, 3.8) is 0 Å². The van der Waals surface area contributed by atoms with Crippen LogP contribution in [0.5, 0.6) is 0 Å². The fourth-order valence-electron chi connectivity index (χ4n) is 3.75. The van der Waals surface area contributed by atoms with Crippen LogP contribution in [-0.4, -0.2) is 51.3 Å². The number of likely N-dealkylation sites (N-methyl/N-ethyl adjacent to an activating group) is 1. The van der Waals surface area contributed by atoms with Gasteiger partial charge in [-0.1, -0.05) is 0 Å². The molecule has 0 radical (unpaired) electrons. The first-order valence-electron chi connectivity index (χ1n) is 8.98. The summed E-state index contributed by atoms with van der Waals surface area (Å²) < 4.78 is 1.72. The number of anilines is 1. The van der Waals surface area contributed by atoms with Crippen LogP contribution in [-0.2, 0) is 19.5 Å². The Labute approximate surface area is 147 Å². The van der Waals surface area contributed by atoms with E-state index in [-0.39, 0.29) is 5.56 Å². The summed E-state index contributed by atoms with van der Waals surface area (Å²) in [6.45, 7) is 4.69. The van der Waals surface area contributed by atoms with Crippen molar-refractivity contribution in [2.24, 2.45) is 5.92 Å². The summed E-state index contributed by atoms with van der Waals surface area (Å²) >= 11 is 0. The van der Waals surface area contributed by atoms with Gasteiger partial charge in [0, 0.05) is 51.4 Å². The van der Waals surface area contributed by atoms with Crippen molar-refractivity contribution < 1.29 is 0 Å². The fourth-order valence-corrected chi connectivity index (χ4v) is 3.75. The molecule has 7 heteroatoms. The Morgan fingerprint density at radius 2 is 2.04 bits per heavy atom. The van der Waals surface area contributed by atoms with Crippen molar-refractivity contribution in [1.29, 1.82) is 0 Å². The third kappa shape index (κ3) is 3.56. The second-order valence-electron chi connectivity index (χ2n) is 7.16. The predicted molar refractivity (Wildman–Crippen MR) is 95.5 cm³/mol. The molecule has 0 bridgehead atoms. The van der Waals surface area contributed by atoms with E-state index in [1.807, 2.05) is 0 Å². The van der Waals surface area contributed by atoms with Crippen LogP contribution < -0.4 is 10.5 Å². The number of piperidine rings is 1. The van der Waals surface area contributed by atoms with Gasteiger partial charge in [0.05, 0.1) is 12.0 Å². The Balaban J connectivity index is 1.40. The zero-order chi connectivity index (χ0) is 17.2. The molecule has 0 unspecified atom stereocenters. The summed E-state index contributed by atoms with van der Waals surface area (Å²) in [5, 5.41) is 8.91. The Kier molecular flexibility index (Phi) is 4.48. The van der Waals surface area contributed by atoms with Crippen LogP contribution >= 0.6 is 0 Å². The minimum absolute atomic E-state index is 0.0297. The summed E-state index contributed by atoms with van der Waals surface area (Å²) in [4.78, 5) is 20.5. The molecule has 1 fully saturated rings. The lowest BCUT2D eigenvalue weighted by Crippen LogP contribution is -2.37. The maximum atomic E-state index is 11.8. The monoisotopic (exact) mass is 340 g/mol. The number of nitrogens with zero attached hydrogens (tertiary/aromatic N) is 6. The quantitative estimate of drug-likeness (QED) is 0.828. The molecule has 1 saturated heterocycles. The van der Waals surface area contributed by atoms with Crippen molar-refractivity contribution in [3.8, 4) is 0 Å². The molecule has 132 valence electrons. The number of hydrogen-bond acceptors (Lipinski definition) is 6. The van der Waals surface area contributed by atoms with Gasteiger partial charge in [0.2, 0.25) is 0 Å². The van der Waals surface area contributed by atoms with E-state index in [1.54, 1.807) is 17.1 Å². The van der Waals surface area contributed by atoms with Crippen LogP contribution in [0.2, 0.25) is 0 Å². The Bertz CT molecular complexity index is 796. The van der Waals surface area contributed by atoms with Gasteiger partial charge < -0.3 is 9.80 Å². The van der Waals surface area contributed by atoms with Crippen LogP contribution in [0.3, 0.4) is 0 Å². The van der Waals surface area contributed by atoms with E-state index in [0.29, 0.717) is 5.92 Å². The molecule has 25 heavy (non-hydrogen) atoms. The van der Waals surface area contributed by atoms with Gasteiger partial charge in [-0.3, -0.25) is 9.36 Å². The minimum Gasteiger partial charge on any atom is -0.355 e. The van der Waals surface area contributed by atoms with E-state index < -0.39 is 0 Å². The van der Waals surface area contributed by atoms with Gasteiger partial charge >= 0.3 is 0 Å². The maximum absolute atomic E-state index is 11.8. The average molecular weight is 340 g/mol. The largest absolute Gasteiger partial charge is 0.355 e. The Morgan fingerprint density at radius 1 is 1.20 bits per heavy atom. The van der Waals surface area contributed by atoms with Gasteiger partial charge in [-0.05, 0) is 37.4 Å². The molecular formula is C18H24N6O. The SMILES string of the molecule is CN1CCc2nnc(N3CCC(Cn4cnccc4=O)CC3)cc2C1. The van der Waals surface area contributed by atoms with Crippen molar-refractivity contribution in [2.75, 3.05) is 31.6 Å². The minimum atomic E-state index is 0.0297. The lowest BCUT2D eigenvalue weighted by molar-refractivity contribution is 0.308. The Morgan fingerprint density at radius 3 is 2.84 bits per heavy atom. The van der Waals surface area contributed by atoms with Gasteiger partial charge in [-0.2, -0.15) is 5.10 Å². The molecule has 0 N–H and O–H groups in total. The molecule has 0 atom stereocenters. The van der Waals surface area contributed by atoms with Crippen LogP contribution in [0.15, 0.2) is 29.5 Å². The van der Waals surface area contributed by atoms with E-state index in [1.165, 1.54) is 11.6 Å². The molecule has 2 aliphatic heterocycles. The number of aromatic nitrogens is 4. The predicted octanol–water partition coefficient (Wildman–Crippen LogP) is 0.938. The Hall–Kier alpha value is -2.28. The van der Waals surface area contributed by atoms with Crippen molar-refractivity contribution in [1.82, 2.24) is 24.6 Å². The van der Waals surface area contributed by atoms with Crippen molar-refractivity contribution in [3.05, 3.63) is 46.3 Å². The second-order valence-corrected chi connectivity index (χ2v) is 7.16. The van der Waals surface area contributed by atoms with Crippen LogP contribution in [0.4, 0.5) is 5.82 Å². The van der Waals surface area contributed by atoms with Gasteiger partial charge in [0.15, 0.2) is 5.82 Å². The topological polar surface area (TPSA) is 67.2 Å². The highest BCUT2D eigenvalue weighted by molar-refractivity contribution is 5.42. The van der Waals surface area contributed by atoms with Gasteiger partial charge in [-0.25, -0.2) is 4.98 Å². The first-order valence-corrected chi connectivity index (χ1v) is 8.98. The summed E-state index contributed by atoms with van der Waals surface area (Å²) in [5.41, 5.74) is 2.48. The molecule has 2 aliphatic rings. The zero-order valence-corrected chi connectivity index (χ0v) is 14.6. The standard InChI is InChI=1S/C18H24N6O/c1-22-7-5-16-15(12-22)10-17(21-20-16)23-8-3-14(4-9-23)11-24-13-19-6-2-18(24)25/h2,6,10,13-14H,3-5,7-9,11-12H2,1H3. The summed E-state index contributed by atoms with van der Waals surface area (Å²) in [5.74, 6) is 1.50. The number of rotatable bonds is 3. The molecule has 7 nitrogen and oxygen atoms in total. The van der Waals surface area contributed by atoms with Gasteiger partial charge in [0.25, 0.3) is 5.56 Å². The van der Waals surface area contributed by atoms with Gasteiger partial charge in [-0.15, -0.1) is 5.10 Å². The molecule has 4 rings (SSSR count). The van der Waals surface area contributed by atoms with E-state index >= 15 is 0 Å². The van der Waals surface area contributed by atoms with E-state index in [0.717, 1.165) is 63.5 Å². The van der Waals surface area contributed by atoms with Crippen molar-refractivity contribution in [2.45, 2.75) is 32.4 Å². The average Bonchev–Trinajstić information content (AvgIpc) is 2.64. The first-order chi connectivity index (χ1) is 12.2. The molecule has 0 aliphatic carbocycles. The van der Waals surface area contributed by atoms with E-state index in [2.05, 4.69) is 38.1 Å². The number of hydrogen-bond donors (Lipinski definition) is 0. The molecule has 4 heterocycles. The lowest BCUT2D eigenvalue weighted by Gasteiger charge is -2.33. The van der Waals surface area contributed by atoms with Gasteiger partial charge in [0.1, 0.15) is 0 Å². The molecule has 0 saturated carbocycles. The molecule has 2 aromatic rings. The smallest absolute Gasteiger partial charge is 0.253 e. The van der Waals surface area contributed by atoms with Crippen LogP contribution in [0.25, 0.3) is 0 Å². The maximum Gasteiger partial charge on any atom is 0.253 e. The van der Waals surface area contributed by atoms with E-state index in [9.17, 15) is 4.79 Å². The number of fused-ring (bicyclic) bond motifs is 1. The molecule has 0 spiro atoms. The fraction of sp³-hybridized carbons (Fsp3) is 0.556. The highest BCUT2D eigenvalue weighted by Crippen LogP contribution is 2.25. The molecule has 0 amide bonds. The third-order valence-corrected chi connectivity index (χ3v) is 5.30. The molecular weight excluding hydrogens is 316 g/mol. The first kappa shape index (κ1) is 16.2. The van der Waals surface area contributed by atoms with Crippen LogP contribution in [0.1, 0.15) is 24.1 Å². The summed E-state index contributed by atoms with van der Waals surface area (Å²) in [6, 6.07) is 3.73. The normalized spacial score (nSPS) is 19.0. The molecule has 2 aromatic heterocycles.